The number of carbonyl (C=O) groups excluding carboxylic acids is 1. The smallest absolute Gasteiger partial charge is 0.265 e. The third-order valence-electron chi connectivity index (χ3n) is 2.63. The van der Waals surface area contributed by atoms with Gasteiger partial charge in [-0.1, -0.05) is 12.1 Å². The number of fused-ring (bicyclic) bond motifs is 4. The highest BCUT2D eigenvalue weighted by Crippen LogP contribution is 2.38. The summed E-state index contributed by atoms with van der Waals surface area (Å²) in [6, 6.07) is 7.62. The Labute approximate surface area is 108 Å². The molecule has 0 aliphatic carbocycles. The fraction of sp³-hybridized carbons (Fsp3) is 0. The molecule has 0 bridgehead atoms. The summed E-state index contributed by atoms with van der Waals surface area (Å²) in [6.07, 6.45) is 0. The van der Waals surface area contributed by atoms with Crippen LogP contribution < -0.4 is 0 Å². The van der Waals surface area contributed by atoms with E-state index in [1.165, 1.54) is 11.3 Å². The first-order valence-electron chi connectivity index (χ1n) is 5.15. The standard InChI is InChI=1S/C11H4N4OS2/c16-10-9-7(14-18-15-10)8-11(17-9)13-6-4-2-1-3-5(6)12-8/h1-4H. The van der Waals surface area contributed by atoms with E-state index in [1.54, 1.807) is 0 Å². The van der Waals surface area contributed by atoms with Crippen LogP contribution in [0.25, 0.3) is 21.4 Å². The van der Waals surface area contributed by atoms with Gasteiger partial charge in [0.25, 0.3) is 0 Å². The molecule has 0 N–H and O–H groups in total. The lowest BCUT2D eigenvalue weighted by molar-refractivity contribution is 0.101. The Bertz CT molecular complexity index is 893. The fourth-order valence-corrected chi connectivity index (χ4v) is 3.36. The van der Waals surface area contributed by atoms with Gasteiger partial charge in [0.15, 0.2) is 0 Å². The van der Waals surface area contributed by atoms with Gasteiger partial charge in [0.2, 0.25) is 0 Å². The number of amides is 1. The minimum Gasteiger partial charge on any atom is -0.265 e. The van der Waals surface area contributed by atoms with Crippen LogP contribution in [0, 0.1) is 0 Å². The van der Waals surface area contributed by atoms with E-state index in [4.69, 9.17) is 0 Å². The second kappa shape index (κ2) is 3.50. The monoisotopic (exact) mass is 272 g/mol. The molecule has 1 amide bonds. The highest BCUT2D eigenvalue weighted by atomic mass is 32.1. The molecular formula is C11H4N4OS2. The summed E-state index contributed by atoms with van der Waals surface area (Å²) in [5, 5.41) is 0. The summed E-state index contributed by atoms with van der Waals surface area (Å²) in [5.41, 5.74) is 2.92. The van der Waals surface area contributed by atoms with Gasteiger partial charge in [0.05, 0.1) is 22.4 Å². The topological polar surface area (TPSA) is 67.6 Å². The number of para-hydroxylation sites is 2. The second-order valence-electron chi connectivity index (χ2n) is 3.72. The lowest BCUT2D eigenvalue weighted by Gasteiger charge is -1.97. The normalized spacial score (nSPS) is 13.9. The molecule has 7 heteroatoms. The Hall–Kier alpha value is -1.99. The average Bonchev–Trinajstić information content (AvgIpc) is 2.76. The van der Waals surface area contributed by atoms with Crippen molar-refractivity contribution in [3.05, 3.63) is 29.1 Å². The Morgan fingerprint density at radius 3 is 2.61 bits per heavy atom. The van der Waals surface area contributed by atoms with Gasteiger partial charge in [0, 0.05) is 0 Å². The van der Waals surface area contributed by atoms with E-state index in [1.807, 2.05) is 24.3 Å². The number of nitrogens with zero attached hydrogens (tertiary/aromatic N) is 4. The summed E-state index contributed by atoms with van der Waals surface area (Å²) in [6.45, 7) is 0. The molecule has 1 aliphatic heterocycles. The predicted molar refractivity (Wildman–Crippen MR) is 71.1 cm³/mol. The quantitative estimate of drug-likeness (QED) is 0.631. The first-order chi connectivity index (χ1) is 8.83. The number of hydrogen-bond acceptors (Lipinski definition) is 5. The Kier molecular flexibility index (Phi) is 1.94. The van der Waals surface area contributed by atoms with E-state index in [0.29, 0.717) is 16.1 Å². The molecule has 18 heavy (non-hydrogen) atoms. The predicted octanol–water partition coefficient (Wildman–Crippen LogP) is 3.08. The zero-order valence-corrected chi connectivity index (χ0v) is 10.5. The summed E-state index contributed by atoms with van der Waals surface area (Å²) >= 11 is 2.21. The van der Waals surface area contributed by atoms with Gasteiger partial charge in [-0.2, -0.15) is 4.36 Å². The van der Waals surface area contributed by atoms with Crippen LogP contribution in [-0.2, 0) is 11.4 Å². The first-order valence-corrected chi connectivity index (χ1v) is 6.69. The Morgan fingerprint density at radius 1 is 1.00 bits per heavy atom. The van der Waals surface area contributed by atoms with Crippen LogP contribution in [0.5, 0.6) is 0 Å². The van der Waals surface area contributed by atoms with Gasteiger partial charge in [-0.15, -0.1) is 15.7 Å². The average molecular weight is 272 g/mol. The van der Waals surface area contributed by atoms with Crippen molar-refractivity contribution in [1.29, 1.82) is 0 Å². The highest BCUT2D eigenvalue weighted by Gasteiger charge is 2.22. The maximum Gasteiger partial charge on any atom is 0.301 e. The van der Waals surface area contributed by atoms with Crippen LogP contribution in [0.15, 0.2) is 33.0 Å². The number of carbonyl (C=O) groups is 1. The van der Waals surface area contributed by atoms with Gasteiger partial charge >= 0.3 is 5.91 Å². The van der Waals surface area contributed by atoms with E-state index in [2.05, 4.69) is 18.7 Å². The number of rotatable bonds is 0. The van der Waals surface area contributed by atoms with Gasteiger partial charge in [-0.05, 0) is 12.1 Å². The highest BCUT2D eigenvalue weighted by molar-refractivity contribution is 7.58. The summed E-state index contributed by atoms with van der Waals surface area (Å²) in [7, 11) is 0. The van der Waals surface area contributed by atoms with Gasteiger partial charge < -0.3 is 0 Å². The van der Waals surface area contributed by atoms with E-state index in [-0.39, 0.29) is 5.91 Å². The summed E-state index contributed by atoms with van der Waals surface area (Å²) in [5.74, 6) is -0.251. The molecule has 2 aromatic heterocycles. The molecule has 0 fully saturated rings. The SMILES string of the molecule is O=C1N=S=Nc2c1sc1nc3ccccc3nc21. The Morgan fingerprint density at radius 2 is 1.78 bits per heavy atom. The van der Waals surface area contributed by atoms with Crippen molar-refractivity contribution in [3.63, 3.8) is 0 Å². The molecule has 0 unspecified atom stereocenters. The van der Waals surface area contributed by atoms with Gasteiger partial charge in [0.1, 0.15) is 20.9 Å². The lowest BCUT2D eigenvalue weighted by Crippen LogP contribution is -1.92. The minimum absolute atomic E-state index is 0.251. The summed E-state index contributed by atoms with van der Waals surface area (Å²) < 4.78 is 7.88. The van der Waals surface area contributed by atoms with E-state index >= 15 is 0 Å². The zero-order chi connectivity index (χ0) is 12.1. The van der Waals surface area contributed by atoms with E-state index < -0.39 is 0 Å². The second-order valence-corrected chi connectivity index (χ2v) is 5.24. The molecule has 1 aromatic carbocycles. The third-order valence-corrected chi connectivity index (χ3v) is 4.19. The largest absolute Gasteiger partial charge is 0.301 e. The van der Waals surface area contributed by atoms with Crippen molar-refractivity contribution in [2.75, 3.05) is 0 Å². The molecule has 4 rings (SSSR count). The molecule has 0 saturated heterocycles. The molecule has 1 aliphatic rings. The van der Waals surface area contributed by atoms with Gasteiger partial charge in [-0.25, -0.2) is 9.97 Å². The number of benzene rings is 1. The maximum absolute atomic E-state index is 11.7. The minimum atomic E-state index is -0.251. The molecule has 0 radical (unpaired) electrons. The molecule has 3 aromatic rings. The summed E-state index contributed by atoms with van der Waals surface area (Å²) in [4.78, 5) is 22.0. The van der Waals surface area contributed by atoms with Crippen LogP contribution in [0.4, 0.5) is 5.69 Å². The maximum atomic E-state index is 11.7. The molecule has 86 valence electrons. The van der Waals surface area contributed by atoms with Crippen molar-refractivity contribution in [2.24, 2.45) is 8.73 Å². The van der Waals surface area contributed by atoms with Crippen LogP contribution >= 0.6 is 11.3 Å². The molecule has 0 spiro atoms. The first kappa shape index (κ1) is 9.98. The number of thiophene rings is 1. The molecular weight excluding hydrogens is 268 g/mol. The van der Waals surface area contributed by atoms with Gasteiger partial charge in [-0.3, -0.25) is 4.79 Å². The van der Waals surface area contributed by atoms with Crippen molar-refractivity contribution < 1.29 is 4.79 Å². The fourth-order valence-electron chi connectivity index (χ4n) is 1.83. The number of aromatic nitrogens is 2. The van der Waals surface area contributed by atoms with Crippen molar-refractivity contribution >= 4 is 55.7 Å². The molecule has 5 nitrogen and oxygen atoms in total. The Balaban J connectivity index is 2.20. The van der Waals surface area contributed by atoms with Crippen LogP contribution in [0.3, 0.4) is 0 Å². The van der Waals surface area contributed by atoms with Crippen LogP contribution in [0.2, 0.25) is 0 Å². The van der Waals surface area contributed by atoms with E-state index in [9.17, 15) is 4.79 Å². The molecule has 0 saturated carbocycles. The van der Waals surface area contributed by atoms with E-state index in [0.717, 1.165) is 27.2 Å². The van der Waals surface area contributed by atoms with Crippen LogP contribution in [0.1, 0.15) is 9.67 Å². The third kappa shape index (κ3) is 1.28. The molecule has 3 heterocycles. The van der Waals surface area contributed by atoms with Crippen LogP contribution in [-0.4, -0.2) is 15.9 Å². The lowest BCUT2D eigenvalue weighted by atomic mass is 10.3. The van der Waals surface area contributed by atoms with Crippen molar-refractivity contribution in [1.82, 2.24) is 9.97 Å². The molecule has 0 atom stereocenters. The number of hydrogen-bond donors (Lipinski definition) is 0. The zero-order valence-electron chi connectivity index (χ0n) is 8.82. The van der Waals surface area contributed by atoms with Crippen molar-refractivity contribution in [2.45, 2.75) is 0 Å². The van der Waals surface area contributed by atoms with Crippen molar-refractivity contribution in [3.8, 4) is 0 Å².